The van der Waals surface area contributed by atoms with Crippen molar-refractivity contribution in [1.82, 2.24) is 0 Å². The summed E-state index contributed by atoms with van der Waals surface area (Å²) in [6, 6.07) is 9.55. The van der Waals surface area contributed by atoms with Gasteiger partial charge in [-0.05, 0) is 26.3 Å². The van der Waals surface area contributed by atoms with Gasteiger partial charge in [-0.15, -0.1) is 0 Å². The molecule has 1 aromatic carbocycles. The van der Waals surface area contributed by atoms with E-state index in [4.69, 9.17) is 19.3 Å². The maximum atomic E-state index is 11.0. The van der Waals surface area contributed by atoms with Crippen molar-refractivity contribution in [2.24, 2.45) is 0 Å². The summed E-state index contributed by atoms with van der Waals surface area (Å²) in [6.07, 6.45) is 0.142. The Balaban J connectivity index is 0.000000436. The molecule has 0 saturated carbocycles. The van der Waals surface area contributed by atoms with E-state index >= 15 is 0 Å². The Hall–Kier alpha value is -3.19. The minimum atomic E-state index is -0.935. The van der Waals surface area contributed by atoms with Crippen LogP contribution in [0.3, 0.4) is 0 Å². The van der Waals surface area contributed by atoms with E-state index in [1.54, 1.807) is 13.8 Å². The second-order valence-corrected chi connectivity index (χ2v) is 6.26. The summed E-state index contributed by atoms with van der Waals surface area (Å²) < 4.78 is 14.5. The van der Waals surface area contributed by atoms with Crippen LogP contribution in [0.4, 0.5) is 0 Å². The Morgan fingerprint density at radius 2 is 1.41 bits per heavy atom. The van der Waals surface area contributed by atoms with Gasteiger partial charge in [0, 0.05) is 16.7 Å². The van der Waals surface area contributed by atoms with Crippen LogP contribution in [0, 0.1) is 0 Å². The van der Waals surface area contributed by atoms with Crippen LogP contribution in [0.15, 0.2) is 66.8 Å². The normalized spacial score (nSPS) is 13.3. The number of esters is 2. The lowest BCUT2D eigenvalue weighted by Crippen LogP contribution is -2.09. The standard InChI is InChI=1S/C11H12O2.C7H10O3.C4H6O2/c1-9(2)11(12)13-8-10-6-4-3-5-7-10;1-5(2)7(8)10-4-6-3-9-6;1-3(2)4(5)6/h3-7H,1,8H2,2H3;6H,1,3-4H2,2H3;1H2,2H3,(H,5,6). The number of carboxylic acids is 1. The maximum Gasteiger partial charge on any atom is 0.333 e. The Kier molecular flexibility index (Phi) is 12.4. The van der Waals surface area contributed by atoms with Gasteiger partial charge in [0.1, 0.15) is 19.3 Å². The zero-order valence-corrected chi connectivity index (χ0v) is 17.1. The molecule has 0 aromatic heterocycles. The van der Waals surface area contributed by atoms with Gasteiger partial charge in [-0.2, -0.15) is 0 Å². The molecule has 7 heteroatoms. The summed E-state index contributed by atoms with van der Waals surface area (Å²) in [6.45, 7) is 16.2. The van der Waals surface area contributed by atoms with Gasteiger partial charge in [-0.1, -0.05) is 50.1 Å². The van der Waals surface area contributed by atoms with Crippen molar-refractivity contribution in [3.63, 3.8) is 0 Å². The van der Waals surface area contributed by atoms with Gasteiger partial charge in [0.05, 0.1) is 6.61 Å². The molecule has 0 radical (unpaired) electrons. The molecule has 1 heterocycles. The highest BCUT2D eigenvalue weighted by Gasteiger charge is 2.24. The van der Waals surface area contributed by atoms with Crippen LogP contribution in [0.1, 0.15) is 26.3 Å². The first kappa shape index (κ1) is 25.8. The fraction of sp³-hybridized carbons (Fsp3) is 0.318. The van der Waals surface area contributed by atoms with Crippen LogP contribution in [-0.4, -0.2) is 42.3 Å². The third-order valence-corrected chi connectivity index (χ3v) is 3.08. The smallest absolute Gasteiger partial charge is 0.333 e. The Morgan fingerprint density at radius 3 is 1.79 bits per heavy atom. The van der Waals surface area contributed by atoms with Gasteiger partial charge >= 0.3 is 17.9 Å². The molecule has 0 aliphatic carbocycles. The van der Waals surface area contributed by atoms with Crippen molar-refractivity contribution in [3.05, 3.63) is 72.4 Å². The highest BCUT2D eigenvalue weighted by Crippen LogP contribution is 2.09. The molecule has 7 nitrogen and oxygen atoms in total. The Labute approximate surface area is 171 Å². The second kappa shape index (κ2) is 13.9. The number of hydrogen-bond acceptors (Lipinski definition) is 6. The molecule has 0 amide bonds. The van der Waals surface area contributed by atoms with Crippen LogP contribution in [0.2, 0.25) is 0 Å². The molecular formula is C22H28O7. The van der Waals surface area contributed by atoms with E-state index < -0.39 is 5.97 Å². The number of hydrogen-bond donors (Lipinski definition) is 1. The van der Waals surface area contributed by atoms with Crippen LogP contribution in [0.5, 0.6) is 0 Å². The predicted molar refractivity (Wildman–Crippen MR) is 109 cm³/mol. The average Bonchev–Trinajstić information content (AvgIpc) is 3.50. The van der Waals surface area contributed by atoms with Crippen molar-refractivity contribution in [2.45, 2.75) is 33.5 Å². The fourth-order valence-corrected chi connectivity index (χ4v) is 1.30. The molecule has 1 fully saturated rings. The highest BCUT2D eigenvalue weighted by molar-refractivity contribution is 5.87. The lowest BCUT2D eigenvalue weighted by Gasteiger charge is -2.03. The molecule has 1 aromatic rings. The zero-order valence-electron chi connectivity index (χ0n) is 17.1. The molecule has 1 atom stereocenters. The Bertz CT molecular complexity index is 719. The maximum absolute atomic E-state index is 11.0. The summed E-state index contributed by atoms with van der Waals surface area (Å²) in [4.78, 5) is 31.3. The summed E-state index contributed by atoms with van der Waals surface area (Å²) in [7, 11) is 0. The first-order valence-electron chi connectivity index (χ1n) is 8.74. The number of carboxylic acid groups (broad SMARTS) is 1. The third-order valence-electron chi connectivity index (χ3n) is 3.08. The minimum Gasteiger partial charge on any atom is -0.478 e. The van der Waals surface area contributed by atoms with E-state index in [2.05, 4.69) is 19.7 Å². The van der Waals surface area contributed by atoms with Crippen LogP contribution < -0.4 is 0 Å². The van der Waals surface area contributed by atoms with Crippen LogP contribution in [0.25, 0.3) is 0 Å². The number of carbonyl (C=O) groups excluding carboxylic acids is 2. The monoisotopic (exact) mass is 404 g/mol. The van der Waals surface area contributed by atoms with E-state index in [0.717, 1.165) is 5.56 Å². The number of carbonyl (C=O) groups is 3. The summed E-state index contributed by atoms with van der Waals surface area (Å²) >= 11 is 0. The van der Waals surface area contributed by atoms with E-state index in [-0.39, 0.29) is 23.6 Å². The van der Waals surface area contributed by atoms with E-state index in [9.17, 15) is 14.4 Å². The largest absolute Gasteiger partial charge is 0.478 e. The van der Waals surface area contributed by atoms with Crippen molar-refractivity contribution in [3.8, 4) is 0 Å². The molecule has 0 bridgehead atoms. The molecule has 158 valence electrons. The molecule has 0 spiro atoms. The molecule has 1 saturated heterocycles. The topological polar surface area (TPSA) is 102 Å². The molecule has 1 unspecified atom stereocenters. The highest BCUT2D eigenvalue weighted by atomic mass is 16.6. The average molecular weight is 404 g/mol. The summed E-state index contributed by atoms with van der Waals surface area (Å²) in [5.74, 6) is -1.62. The van der Waals surface area contributed by atoms with Crippen LogP contribution >= 0.6 is 0 Å². The Morgan fingerprint density at radius 1 is 0.966 bits per heavy atom. The predicted octanol–water partition coefficient (Wildman–Crippen LogP) is 3.46. The summed E-state index contributed by atoms with van der Waals surface area (Å²) in [5, 5.41) is 7.89. The van der Waals surface area contributed by atoms with Gasteiger partial charge in [-0.3, -0.25) is 0 Å². The lowest BCUT2D eigenvalue weighted by molar-refractivity contribution is -0.140. The zero-order chi connectivity index (χ0) is 22.4. The van der Waals surface area contributed by atoms with Crippen molar-refractivity contribution in [1.29, 1.82) is 0 Å². The second-order valence-electron chi connectivity index (χ2n) is 6.26. The number of benzene rings is 1. The molecule has 2 rings (SSSR count). The van der Waals surface area contributed by atoms with Gasteiger partial charge in [-0.25, -0.2) is 14.4 Å². The lowest BCUT2D eigenvalue weighted by atomic mass is 10.2. The number of ether oxygens (including phenoxy) is 3. The van der Waals surface area contributed by atoms with E-state index in [0.29, 0.717) is 31.0 Å². The minimum absolute atomic E-state index is 0.142. The van der Waals surface area contributed by atoms with Crippen molar-refractivity contribution >= 4 is 17.9 Å². The fourth-order valence-electron chi connectivity index (χ4n) is 1.30. The molecule has 1 aliphatic rings. The first-order valence-corrected chi connectivity index (χ1v) is 8.74. The van der Waals surface area contributed by atoms with Gasteiger partial charge < -0.3 is 19.3 Å². The molecule has 1 N–H and O–H groups in total. The number of aliphatic carboxylic acids is 1. The quantitative estimate of drug-likeness (QED) is 0.422. The van der Waals surface area contributed by atoms with Gasteiger partial charge in [0.25, 0.3) is 0 Å². The number of epoxide rings is 1. The van der Waals surface area contributed by atoms with Crippen molar-refractivity contribution in [2.75, 3.05) is 13.2 Å². The SMILES string of the molecule is C=C(C)C(=O)O.C=C(C)C(=O)OCC1CO1.C=C(C)C(=O)OCc1ccccc1. The van der Waals surface area contributed by atoms with Gasteiger partial charge in [0.15, 0.2) is 0 Å². The third kappa shape index (κ3) is 14.5. The van der Waals surface area contributed by atoms with E-state index in [1.165, 1.54) is 6.92 Å². The van der Waals surface area contributed by atoms with Crippen LogP contribution in [-0.2, 0) is 35.2 Å². The summed E-state index contributed by atoms with van der Waals surface area (Å²) in [5.41, 5.74) is 2.02. The molecule has 29 heavy (non-hydrogen) atoms. The van der Waals surface area contributed by atoms with Gasteiger partial charge in [0.2, 0.25) is 0 Å². The van der Waals surface area contributed by atoms with Crippen molar-refractivity contribution < 1.29 is 33.7 Å². The molecule has 1 aliphatic heterocycles. The number of rotatable bonds is 7. The first-order chi connectivity index (χ1) is 13.5. The molecular weight excluding hydrogens is 376 g/mol. The van der Waals surface area contributed by atoms with E-state index in [1.807, 2.05) is 30.3 Å².